The van der Waals surface area contributed by atoms with E-state index in [1.165, 1.54) is 12.1 Å². The Hall–Kier alpha value is -2.27. The molecule has 0 saturated carbocycles. The molecule has 0 aliphatic carbocycles. The van der Waals surface area contributed by atoms with Crippen molar-refractivity contribution in [2.75, 3.05) is 0 Å². The van der Waals surface area contributed by atoms with E-state index in [4.69, 9.17) is 0 Å². The maximum absolute atomic E-state index is 14.0. The summed E-state index contributed by atoms with van der Waals surface area (Å²) in [6.45, 7) is 5.72. The van der Waals surface area contributed by atoms with E-state index < -0.39 is 22.6 Å². The molecule has 0 aliphatic heterocycles. The molecule has 0 atom stereocenters. The summed E-state index contributed by atoms with van der Waals surface area (Å²) in [6, 6.07) is 20.5. The minimum absolute atomic E-state index is 0.0461. The quantitative estimate of drug-likeness (QED) is 0.578. The van der Waals surface area contributed by atoms with Crippen molar-refractivity contribution < 1.29 is 12.3 Å². The molecule has 4 nitrogen and oxygen atoms in total. The predicted molar refractivity (Wildman–Crippen MR) is 109 cm³/mol. The molecule has 27 heavy (non-hydrogen) atoms. The Morgan fingerprint density at radius 1 is 0.630 bits per heavy atom. The van der Waals surface area contributed by atoms with Crippen LogP contribution in [0.4, 0.5) is 0 Å². The van der Waals surface area contributed by atoms with Gasteiger partial charge in [0.05, 0.1) is 0 Å². The third-order valence-corrected chi connectivity index (χ3v) is 11.9. The molecule has 0 saturated heterocycles. The standard InChI is InChI=1S/C21H21NO3SSe/c1-16-4-10-19(11-5-16)26(23,24)22-27(25,20-12-6-17(2)7-13-20)21-14-8-18(3)9-15-21/h4-15H,1-3H3. The van der Waals surface area contributed by atoms with Crippen molar-refractivity contribution in [3.63, 3.8) is 0 Å². The summed E-state index contributed by atoms with van der Waals surface area (Å²) in [5, 5.41) is 0. The summed E-state index contributed by atoms with van der Waals surface area (Å²) in [6.07, 6.45) is 0. The zero-order valence-electron chi connectivity index (χ0n) is 15.4. The van der Waals surface area contributed by atoms with Gasteiger partial charge in [-0.1, -0.05) is 0 Å². The summed E-state index contributed by atoms with van der Waals surface area (Å²) in [5.74, 6) is 0. The monoisotopic (exact) mass is 447 g/mol. The van der Waals surface area contributed by atoms with E-state index in [9.17, 15) is 12.3 Å². The molecule has 3 aromatic carbocycles. The average molecular weight is 446 g/mol. The number of nitrogens with zero attached hydrogens (tertiary/aromatic N) is 1. The normalized spacial score (nSPS) is 12.0. The van der Waals surface area contributed by atoms with E-state index in [1.54, 1.807) is 36.4 Å². The second-order valence-corrected chi connectivity index (χ2v) is 13.2. The zero-order valence-corrected chi connectivity index (χ0v) is 17.9. The molecule has 0 unspecified atom stereocenters. The number of aryl methyl sites for hydroxylation is 3. The first-order valence-electron chi connectivity index (χ1n) is 8.44. The van der Waals surface area contributed by atoms with Gasteiger partial charge in [0.25, 0.3) is 0 Å². The first-order chi connectivity index (χ1) is 12.7. The van der Waals surface area contributed by atoms with Gasteiger partial charge in [-0.2, -0.15) is 0 Å². The third kappa shape index (κ3) is 4.19. The Labute approximate surface area is 162 Å². The van der Waals surface area contributed by atoms with Crippen molar-refractivity contribution >= 4 is 31.5 Å². The first-order valence-corrected chi connectivity index (χ1v) is 13.1. The van der Waals surface area contributed by atoms with Crippen molar-refractivity contribution in [2.45, 2.75) is 25.7 Å². The summed E-state index contributed by atoms with van der Waals surface area (Å²) in [4.78, 5) is 0.0461. The van der Waals surface area contributed by atoms with Gasteiger partial charge in [0, 0.05) is 0 Å². The van der Waals surface area contributed by atoms with Gasteiger partial charge in [0.1, 0.15) is 0 Å². The Bertz CT molecular complexity index is 1120. The fourth-order valence-electron chi connectivity index (χ4n) is 2.56. The number of hydrogen-bond donors (Lipinski definition) is 0. The zero-order chi connectivity index (χ0) is 19.7. The van der Waals surface area contributed by atoms with Crippen molar-refractivity contribution in [2.24, 2.45) is 3.37 Å². The Kier molecular flexibility index (Phi) is 5.33. The average Bonchev–Trinajstić information content (AvgIpc) is 2.62. The molecule has 140 valence electrons. The van der Waals surface area contributed by atoms with Crippen LogP contribution >= 0.6 is 0 Å². The number of rotatable bonds is 4. The van der Waals surface area contributed by atoms with E-state index in [2.05, 4.69) is 3.37 Å². The van der Waals surface area contributed by atoms with E-state index in [0.29, 0.717) is 8.92 Å². The number of benzene rings is 3. The van der Waals surface area contributed by atoms with Crippen LogP contribution in [0.15, 0.2) is 81.1 Å². The van der Waals surface area contributed by atoms with Crippen LogP contribution in [0.5, 0.6) is 0 Å². The maximum atomic E-state index is 14.0. The molecular formula is C21H21NO3SSe. The van der Waals surface area contributed by atoms with Crippen LogP contribution in [-0.4, -0.2) is 21.0 Å². The second kappa shape index (κ2) is 7.39. The van der Waals surface area contributed by atoms with E-state index >= 15 is 0 Å². The summed E-state index contributed by atoms with van der Waals surface area (Å²) in [5.41, 5.74) is 2.95. The van der Waals surface area contributed by atoms with E-state index in [1.807, 2.05) is 45.0 Å². The van der Waals surface area contributed by atoms with E-state index in [-0.39, 0.29) is 4.90 Å². The molecule has 0 bridgehead atoms. The van der Waals surface area contributed by atoms with Gasteiger partial charge >= 0.3 is 162 Å². The minimum atomic E-state index is -4.32. The van der Waals surface area contributed by atoms with Crippen molar-refractivity contribution in [3.05, 3.63) is 89.5 Å². The van der Waals surface area contributed by atoms with Gasteiger partial charge in [-0.25, -0.2) is 0 Å². The van der Waals surface area contributed by atoms with Gasteiger partial charge in [-0.3, -0.25) is 0 Å². The summed E-state index contributed by atoms with van der Waals surface area (Å²) < 4.78 is 44.7. The van der Waals surface area contributed by atoms with Crippen molar-refractivity contribution in [3.8, 4) is 0 Å². The molecule has 0 spiro atoms. The van der Waals surface area contributed by atoms with Crippen LogP contribution < -0.4 is 8.92 Å². The molecule has 3 rings (SSSR count). The first kappa shape index (κ1) is 19.5. The number of sulfonamides is 1. The molecule has 3 aromatic rings. The third-order valence-electron chi connectivity index (χ3n) is 4.20. The fourth-order valence-corrected chi connectivity index (χ4v) is 9.63. The molecular weight excluding hydrogens is 425 g/mol. The molecule has 0 N–H and O–H groups in total. The van der Waals surface area contributed by atoms with Gasteiger partial charge in [-0.15, -0.1) is 0 Å². The van der Waals surface area contributed by atoms with Crippen LogP contribution in [0, 0.1) is 20.8 Å². The van der Waals surface area contributed by atoms with Gasteiger partial charge < -0.3 is 0 Å². The van der Waals surface area contributed by atoms with E-state index in [0.717, 1.165) is 16.7 Å². The molecule has 0 heterocycles. The topological polar surface area (TPSA) is 63.6 Å². The Morgan fingerprint density at radius 2 is 0.963 bits per heavy atom. The predicted octanol–water partition coefficient (Wildman–Crippen LogP) is 3.26. The Morgan fingerprint density at radius 3 is 1.33 bits per heavy atom. The van der Waals surface area contributed by atoms with Crippen molar-refractivity contribution in [1.29, 1.82) is 0 Å². The number of hydrogen-bond acceptors (Lipinski definition) is 3. The Balaban J connectivity index is 2.28. The SMILES string of the molecule is Cc1ccc(S(=O)(=O)N=[Se](=O)(c2ccc(C)cc2)c2ccc(C)cc2)cc1. The second-order valence-electron chi connectivity index (χ2n) is 6.51. The van der Waals surface area contributed by atoms with Gasteiger partial charge in [0.2, 0.25) is 0 Å². The molecule has 0 radical (unpaired) electrons. The van der Waals surface area contributed by atoms with Gasteiger partial charge in [-0.05, 0) is 0 Å². The van der Waals surface area contributed by atoms with Crippen LogP contribution in [0.25, 0.3) is 0 Å². The summed E-state index contributed by atoms with van der Waals surface area (Å²) >= 11 is -4.32. The molecule has 6 heteroatoms. The molecule has 0 amide bonds. The van der Waals surface area contributed by atoms with Crippen LogP contribution in [0.2, 0.25) is 0 Å². The van der Waals surface area contributed by atoms with Crippen molar-refractivity contribution in [1.82, 2.24) is 0 Å². The molecule has 0 aliphatic rings. The van der Waals surface area contributed by atoms with Gasteiger partial charge in [0.15, 0.2) is 0 Å². The van der Waals surface area contributed by atoms with Crippen LogP contribution in [-0.2, 0) is 13.9 Å². The van der Waals surface area contributed by atoms with Crippen LogP contribution in [0.3, 0.4) is 0 Å². The molecule has 0 aromatic heterocycles. The summed E-state index contributed by atoms with van der Waals surface area (Å²) in [7, 11) is -4.07. The molecule has 0 fully saturated rings. The fraction of sp³-hybridized carbons (Fsp3) is 0.143. The van der Waals surface area contributed by atoms with Crippen LogP contribution in [0.1, 0.15) is 16.7 Å².